The summed E-state index contributed by atoms with van der Waals surface area (Å²) in [4.78, 5) is 22.6. The molecule has 206 valence electrons. The fraction of sp³-hybridized carbons (Fsp3) is 0.346. The number of amides is 1. The van der Waals surface area contributed by atoms with E-state index >= 15 is 0 Å². The summed E-state index contributed by atoms with van der Waals surface area (Å²) in [6, 6.07) is 9.46. The van der Waals surface area contributed by atoms with Crippen LogP contribution in [0.1, 0.15) is 19.3 Å². The summed E-state index contributed by atoms with van der Waals surface area (Å²) < 4.78 is 34.3. The summed E-state index contributed by atoms with van der Waals surface area (Å²) in [5.41, 5.74) is 8.78. The number of hydrogen-bond donors (Lipinski definition) is 4. The van der Waals surface area contributed by atoms with Crippen molar-refractivity contribution in [1.82, 2.24) is 25.3 Å². The molecule has 2 aromatic carbocycles. The van der Waals surface area contributed by atoms with Crippen LogP contribution in [0.3, 0.4) is 0 Å². The number of halogens is 2. The third-order valence-electron chi connectivity index (χ3n) is 6.67. The van der Waals surface area contributed by atoms with Crippen LogP contribution in [0.2, 0.25) is 0 Å². The second-order valence-electron chi connectivity index (χ2n) is 9.35. The number of nitrogens with one attached hydrogen (secondary N) is 2. The Kier molecular flexibility index (Phi) is 7.89. The van der Waals surface area contributed by atoms with E-state index in [2.05, 4.69) is 25.6 Å². The minimum atomic E-state index is -1.08. The Labute approximate surface area is 223 Å². The van der Waals surface area contributed by atoms with Gasteiger partial charge in [-0.1, -0.05) is 6.07 Å². The second-order valence-corrected chi connectivity index (χ2v) is 9.35. The number of benzene rings is 2. The van der Waals surface area contributed by atoms with E-state index in [0.29, 0.717) is 34.9 Å². The Bertz CT molecular complexity index is 1370. The molecule has 1 atom stereocenters. The number of rotatable bonds is 11. The molecular formula is C26H30F2N8O3. The lowest BCUT2D eigenvalue weighted by atomic mass is 10.2. The van der Waals surface area contributed by atoms with Gasteiger partial charge in [-0.3, -0.25) is 20.1 Å². The third-order valence-corrected chi connectivity index (χ3v) is 6.67. The maximum Gasteiger partial charge on any atom is 0.239 e. The average Bonchev–Trinajstić information content (AvgIpc) is 3.54. The molecule has 2 aliphatic heterocycles. The van der Waals surface area contributed by atoms with E-state index in [1.54, 1.807) is 0 Å². The fourth-order valence-electron chi connectivity index (χ4n) is 4.81. The standard InChI is InChI=1S/C26H30F2N8O3/c27-20-5-1-6-22(25(20)28)36-33-24(14-35(36)13-23(29)38)32-26-19-8-7-18(12-21(19)30-16-31-26)39-11-3-10-34-9-2-4-17(34)15-37/h1,5-8,12,14,16-17,33,37H,2-4,9-11,13,15H2,(H2,29,38)(H,30,31,32)/t17-/m1/s1. The molecule has 39 heavy (non-hydrogen) atoms. The van der Waals surface area contributed by atoms with Crippen molar-refractivity contribution in [1.29, 1.82) is 0 Å². The van der Waals surface area contributed by atoms with E-state index in [4.69, 9.17) is 10.5 Å². The molecule has 0 spiro atoms. The molecule has 1 aromatic heterocycles. The molecule has 11 nitrogen and oxygen atoms in total. The Morgan fingerprint density at radius 3 is 2.95 bits per heavy atom. The third kappa shape index (κ3) is 5.94. The lowest BCUT2D eigenvalue weighted by Crippen LogP contribution is -2.47. The number of carbonyl (C=O) groups is 1. The molecule has 3 aromatic rings. The van der Waals surface area contributed by atoms with Crippen LogP contribution in [0.4, 0.5) is 20.3 Å². The number of aliphatic hydroxyl groups is 1. The van der Waals surface area contributed by atoms with Gasteiger partial charge in [0.15, 0.2) is 11.6 Å². The predicted molar refractivity (Wildman–Crippen MR) is 141 cm³/mol. The molecule has 3 heterocycles. The van der Waals surface area contributed by atoms with Crippen molar-refractivity contribution in [3.8, 4) is 5.75 Å². The van der Waals surface area contributed by atoms with Crippen LogP contribution in [0.15, 0.2) is 54.7 Å². The predicted octanol–water partition coefficient (Wildman–Crippen LogP) is 2.07. The van der Waals surface area contributed by atoms with E-state index in [1.807, 2.05) is 18.2 Å². The summed E-state index contributed by atoms with van der Waals surface area (Å²) in [5, 5.41) is 15.8. The van der Waals surface area contributed by atoms with E-state index < -0.39 is 17.5 Å². The molecule has 0 aliphatic carbocycles. The smallest absolute Gasteiger partial charge is 0.239 e. The van der Waals surface area contributed by atoms with Gasteiger partial charge in [-0.05, 0) is 50.1 Å². The SMILES string of the molecule is NC(=O)CN1C=C(Nc2ncnc3cc(OCCCN4CCC[C@@H]4CO)ccc23)NN1c1cccc(F)c1F. The van der Waals surface area contributed by atoms with Gasteiger partial charge in [0.1, 0.15) is 35.9 Å². The van der Waals surface area contributed by atoms with Crippen molar-refractivity contribution < 1.29 is 23.4 Å². The normalized spacial score (nSPS) is 17.4. The lowest BCUT2D eigenvalue weighted by Gasteiger charge is -2.29. The molecule has 2 aliphatic rings. The Balaban J connectivity index is 1.26. The number of ether oxygens (including phenoxy) is 1. The number of aliphatic hydroxyl groups excluding tert-OH is 1. The first-order valence-corrected chi connectivity index (χ1v) is 12.7. The van der Waals surface area contributed by atoms with Crippen molar-refractivity contribution in [2.24, 2.45) is 5.73 Å². The average molecular weight is 541 g/mol. The Morgan fingerprint density at radius 1 is 1.26 bits per heavy atom. The van der Waals surface area contributed by atoms with Crippen molar-refractivity contribution in [3.05, 3.63) is 66.4 Å². The second kappa shape index (κ2) is 11.7. The van der Waals surface area contributed by atoms with Crippen LogP contribution in [-0.4, -0.2) is 69.8 Å². The van der Waals surface area contributed by atoms with Crippen molar-refractivity contribution in [2.45, 2.75) is 25.3 Å². The van der Waals surface area contributed by atoms with Crippen LogP contribution in [0.5, 0.6) is 5.75 Å². The molecule has 13 heteroatoms. The Morgan fingerprint density at radius 2 is 2.13 bits per heavy atom. The maximum atomic E-state index is 14.5. The number of nitrogens with two attached hydrogens (primary N) is 1. The van der Waals surface area contributed by atoms with Crippen molar-refractivity contribution in [3.63, 3.8) is 0 Å². The molecule has 0 unspecified atom stereocenters. The number of hydrazine groups is 2. The van der Waals surface area contributed by atoms with Gasteiger partial charge in [0.05, 0.1) is 24.9 Å². The first-order chi connectivity index (χ1) is 18.9. The van der Waals surface area contributed by atoms with E-state index in [1.165, 1.54) is 34.8 Å². The molecule has 5 N–H and O–H groups in total. The van der Waals surface area contributed by atoms with Gasteiger partial charge in [0.25, 0.3) is 0 Å². The fourth-order valence-corrected chi connectivity index (χ4v) is 4.81. The summed E-state index contributed by atoms with van der Waals surface area (Å²) in [6.45, 7) is 2.33. The number of fused-ring (bicyclic) bond motifs is 1. The molecule has 1 saturated heterocycles. The highest BCUT2D eigenvalue weighted by Gasteiger charge is 2.27. The van der Waals surface area contributed by atoms with Gasteiger partial charge in [-0.25, -0.2) is 18.7 Å². The summed E-state index contributed by atoms with van der Waals surface area (Å²) >= 11 is 0. The van der Waals surface area contributed by atoms with Gasteiger partial charge in [-0.2, -0.15) is 5.12 Å². The minimum Gasteiger partial charge on any atom is -0.493 e. The van der Waals surface area contributed by atoms with Crippen LogP contribution >= 0.6 is 0 Å². The first kappa shape index (κ1) is 26.4. The van der Waals surface area contributed by atoms with Crippen LogP contribution in [0, 0.1) is 11.6 Å². The molecule has 1 fully saturated rings. The monoisotopic (exact) mass is 540 g/mol. The number of carbonyl (C=O) groups excluding carboxylic acids is 1. The van der Waals surface area contributed by atoms with E-state index in [-0.39, 0.29) is 24.9 Å². The summed E-state index contributed by atoms with van der Waals surface area (Å²) in [7, 11) is 0. The summed E-state index contributed by atoms with van der Waals surface area (Å²) in [6.07, 6.45) is 5.89. The highest BCUT2D eigenvalue weighted by molar-refractivity contribution is 5.90. The highest BCUT2D eigenvalue weighted by Crippen LogP contribution is 2.28. The quantitative estimate of drug-likeness (QED) is 0.268. The van der Waals surface area contributed by atoms with Gasteiger partial charge >= 0.3 is 0 Å². The van der Waals surface area contributed by atoms with Gasteiger partial charge in [0, 0.05) is 24.0 Å². The molecule has 0 saturated carbocycles. The number of hydrogen-bond acceptors (Lipinski definition) is 10. The lowest BCUT2D eigenvalue weighted by molar-refractivity contribution is -0.118. The van der Waals surface area contributed by atoms with Gasteiger partial charge in [0.2, 0.25) is 5.91 Å². The first-order valence-electron chi connectivity index (χ1n) is 12.7. The summed E-state index contributed by atoms with van der Waals surface area (Å²) in [5.74, 6) is -1.29. The van der Waals surface area contributed by atoms with Gasteiger partial charge < -0.3 is 20.9 Å². The van der Waals surface area contributed by atoms with Crippen molar-refractivity contribution >= 4 is 28.3 Å². The Hall–Kier alpha value is -4.23. The minimum absolute atomic E-state index is 0.129. The zero-order valence-electron chi connectivity index (χ0n) is 21.2. The van der Waals surface area contributed by atoms with Crippen LogP contribution in [-0.2, 0) is 4.79 Å². The molecule has 0 radical (unpaired) electrons. The zero-order valence-corrected chi connectivity index (χ0v) is 21.2. The number of aromatic nitrogens is 2. The van der Waals surface area contributed by atoms with Crippen molar-refractivity contribution in [2.75, 3.05) is 43.3 Å². The number of anilines is 2. The zero-order chi connectivity index (χ0) is 27.4. The van der Waals surface area contributed by atoms with Gasteiger partial charge in [-0.15, -0.1) is 0 Å². The van der Waals surface area contributed by atoms with Crippen LogP contribution in [0.25, 0.3) is 10.9 Å². The largest absolute Gasteiger partial charge is 0.493 e. The van der Waals surface area contributed by atoms with Crippen LogP contribution < -0.4 is 26.3 Å². The van der Waals surface area contributed by atoms with E-state index in [9.17, 15) is 18.7 Å². The molecular weight excluding hydrogens is 510 g/mol. The molecule has 1 amide bonds. The number of nitrogens with zero attached hydrogens (tertiary/aromatic N) is 5. The highest BCUT2D eigenvalue weighted by atomic mass is 19.2. The number of primary amides is 1. The van der Waals surface area contributed by atoms with E-state index in [0.717, 1.165) is 38.4 Å². The molecule has 5 rings (SSSR count). The number of likely N-dealkylation sites (tertiary alicyclic amines) is 1. The maximum absolute atomic E-state index is 14.5. The molecule has 0 bridgehead atoms. The topological polar surface area (TPSA) is 132 Å².